The number of hydrogen-bond acceptors (Lipinski definition) is 2. The average molecular weight is 222 g/mol. The fraction of sp³-hybridized carbons (Fsp3) is 0.538. The van der Waals surface area contributed by atoms with Crippen molar-refractivity contribution in [2.24, 2.45) is 0 Å². The summed E-state index contributed by atoms with van der Waals surface area (Å²) in [6.45, 7) is 3.01. The molecule has 1 atom stereocenters. The third-order valence-electron chi connectivity index (χ3n) is 2.97. The Labute approximate surface area is 96.8 Å². The number of ether oxygens (including phenoxy) is 2. The molecule has 0 saturated carbocycles. The van der Waals surface area contributed by atoms with E-state index in [2.05, 4.69) is 17.4 Å². The van der Waals surface area contributed by atoms with Crippen LogP contribution in [0.3, 0.4) is 0 Å². The van der Waals surface area contributed by atoms with Crippen LogP contribution in [-0.2, 0) is 11.3 Å². The smallest absolute Gasteiger partial charge is 0.119 e. The molecule has 1 aliphatic heterocycles. The molecule has 88 valence electrons. The summed E-state index contributed by atoms with van der Waals surface area (Å²) in [4.78, 5) is 0. The van der Waals surface area contributed by atoms with E-state index in [1.807, 2.05) is 12.1 Å². The third-order valence-corrected chi connectivity index (χ3v) is 2.97. The van der Waals surface area contributed by atoms with Gasteiger partial charge in [0.2, 0.25) is 0 Å². The first-order valence-corrected chi connectivity index (χ1v) is 5.94. The lowest BCUT2D eigenvalue weighted by molar-refractivity contribution is -0.676. The number of methoxy groups -OCH3 is 1. The minimum absolute atomic E-state index is 0.464. The molecule has 1 aliphatic rings. The van der Waals surface area contributed by atoms with E-state index in [4.69, 9.17) is 9.47 Å². The molecule has 1 fully saturated rings. The second kappa shape index (κ2) is 5.87. The number of benzene rings is 1. The predicted molar refractivity (Wildman–Crippen MR) is 62.5 cm³/mol. The molecule has 0 unspecified atom stereocenters. The molecule has 1 heterocycles. The van der Waals surface area contributed by atoms with Gasteiger partial charge in [0.15, 0.2) is 0 Å². The number of quaternary nitrogens is 1. The summed E-state index contributed by atoms with van der Waals surface area (Å²) in [5.74, 6) is 0.933. The number of nitrogens with two attached hydrogens (primary N) is 1. The largest absolute Gasteiger partial charge is 0.497 e. The second-order valence-corrected chi connectivity index (χ2v) is 4.22. The van der Waals surface area contributed by atoms with E-state index in [9.17, 15) is 0 Å². The van der Waals surface area contributed by atoms with Crippen LogP contribution < -0.4 is 10.1 Å². The molecule has 1 aromatic carbocycles. The molecular formula is C13H20NO2+. The van der Waals surface area contributed by atoms with Gasteiger partial charge in [0.05, 0.1) is 7.11 Å². The predicted octanol–water partition coefficient (Wildman–Crippen LogP) is 0.938. The Kier molecular flexibility index (Phi) is 4.19. The summed E-state index contributed by atoms with van der Waals surface area (Å²) in [6.07, 6.45) is 2.90. The summed E-state index contributed by atoms with van der Waals surface area (Å²) in [5, 5.41) is 2.31. The molecule has 0 spiro atoms. The molecule has 3 nitrogen and oxygen atoms in total. The lowest BCUT2D eigenvalue weighted by atomic mass is 10.2. The highest BCUT2D eigenvalue weighted by atomic mass is 16.5. The van der Waals surface area contributed by atoms with Crippen molar-refractivity contribution in [2.75, 3.05) is 20.3 Å². The topological polar surface area (TPSA) is 35.1 Å². The molecule has 0 bridgehead atoms. The molecule has 0 radical (unpaired) electrons. The minimum atomic E-state index is 0.464. The van der Waals surface area contributed by atoms with Crippen LogP contribution in [0.4, 0.5) is 0 Å². The first kappa shape index (κ1) is 11.4. The van der Waals surface area contributed by atoms with Crippen molar-refractivity contribution in [3.8, 4) is 5.75 Å². The number of rotatable bonds is 5. The molecule has 2 rings (SSSR count). The van der Waals surface area contributed by atoms with E-state index in [1.165, 1.54) is 18.4 Å². The van der Waals surface area contributed by atoms with Gasteiger partial charge in [0.25, 0.3) is 0 Å². The highest BCUT2D eigenvalue weighted by molar-refractivity contribution is 5.27. The van der Waals surface area contributed by atoms with E-state index < -0.39 is 0 Å². The van der Waals surface area contributed by atoms with Gasteiger partial charge in [-0.25, -0.2) is 0 Å². The van der Waals surface area contributed by atoms with Gasteiger partial charge >= 0.3 is 0 Å². The Hall–Kier alpha value is -1.06. The molecule has 1 saturated heterocycles. The van der Waals surface area contributed by atoms with Gasteiger partial charge in [0.1, 0.15) is 24.9 Å². The summed E-state index contributed by atoms with van der Waals surface area (Å²) in [7, 11) is 1.70. The second-order valence-electron chi connectivity index (χ2n) is 4.22. The molecule has 3 heteroatoms. The van der Waals surface area contributed by atoms with Crippen LogP contribution in [0.5, 0.6) is 5.75 Å². The zero-order valence-corrected chi connectivity index (χ0v) is 9.82. The van der Waals surface area contributed by atoms with Crippen LogP contribution in [0.15, 0.2) is 24.3 Å². The van der Waals surface area contributed by atoms with Gasteiger partial charge < -0.3 is 14.8 Å². The maximum atomic E-state index is 5.58. The molecule has 0 amide bonds. The van der Waals surface area contributed by atoms with Gasteiger partial charge in [0, 0.05) is 12.2 Å². The fourth-order valence-electron chi connectivity index (χ4n) is 2.07. The van der Waals surface area contributed by atoms with Crippen molar-refractivity contribution in [3.05, 3.63) is 29.8 Å². The first-order valence-electron chi connectivity index (χ1n) is 5.94. The Morgan fingerprint density at radius 3 is 3.19 bits per heavy atom. The van der Waals surface area contributed by atoms with Crippen molar-refractivity contribution >= 4 is 0 Å². The van der Waals surface area contributed by atoms with Crippen LogP contribution >= 0.6 is 0 Å². The van der Waals surface area contributed by atoms with Crippen LogP contribution in [0.25, 0.3) is 0 Å². The van der Waals surface area contributed by atoms with Crippen molar-refractivity contribution in [2.45, 2.75) is 25.5 Å². The molecule has 16 heavy (non-hydrogen) atoms. The average Bonchev–Trinajstić information content (AvgIpc) is 2.82. The van der Waals surface area contributed by atoms with E-state index in [-0.39, 0.29) is 0 Å². The Morgan fingerprint density at radius 1 is 1.50 bits per heavy atom. The van der Waals surface area contributed by atoms with Gasteiger partial charge in [-0.15, -0.1) is 0 Å². The molecule has 0 aromatic heterocycles. The normalized spacial score (nSPS) is 19.9. The summed E-state index contributed by atoms with van der Waals surface area (Å²) >= 11 is 0. The van der Waals surface area contributed by atoms with E-state index in [1.54, 1.807) is 7.11 Å². The first-order chi connectivity index (χ1) is 7.88. The zero-order chi connectivity index (χ0) is 11.2. The third kappa shape index (κ3) is 3.22. The van der Waals surface area contributed by atoms with E-state index in [0.717, 1.165) is 25.4 Å². The maximum Gasteiger partial charge on any atom is 0.119 e. The number of hydrogen-bond donors (Lipinski definition) is 1. The van der Waals surface area contributed by atoms with E-state index in [0.29, 0.717) is 6.10 Å². The van der Waals surface area contributed by atoms with Crippen molar-refractivity contribution in [3.63, 3.8) is 0 Å². The molecule has 2 N–H and O–H groups in total. The lowest BCUT2D eigenvalue weighted by Gasteiger charge is -2.08. The fourth-order valence-corrected chi connectivity index (χ4v) is 2.07. The van der Waals surface area contributed by atoms with Crippen LogP contribution in [0.1, 0.15) is 18.4 Å². The van der Waals surface area contributed by atoms with Gasteiger partial charge in [-0.1, -0.05) is 12.1 Å². The van der Waals surface area contributed by atoms with Crippen molar-refractivity contribution < 1.29 is 14.8 Å². The monoisotopic (exact) mass is 222 g/mol. The van der Waals surface area contributed by atoms with Crippen LogP contribution in [0.2, 0.25) is 0 Å². The Balaban J connectivity index is 1.75. The van der Waals surface area contributed by atoms with Crippen LogP contribution in [0, 0.1) is 0 Å². The quantitative estimate of drug-likeness (QED) is 0.804. The molecule has 1 aromatic rings. The van der Waals surface area contributed by atoms with Gasteiger partial charge in [-0.05, 0) is 25.0 Å². The maximum absolute atomic E-state index is 5.58. The molecular weight excluding hydrogens is 202 g/mol. The summed E-state index contributed by atoms with van der Waals surface area (Å²) in [5.41, 5.74) is 1.30. The zero-order valence-electron chi connectivity index (χ0n) is 9.82. The summed E-state index contributed by atoms with van der Waals surface area (Å²) in [6, 6.07) is 8.23. The highest BCUT2D eigenvalue weighted by Gasteiger charge is 2.16. The summed E-state index contributed by atoms with van der Waals surface area (Å²) < 4.78 is 10.8. The highest BCUT2D eigenvalue weighted by Crippen LogP contribution is 2.12. The SMILES string of the molecule is COc1cccc(C[NH2+]C[C@H]2CCCO2)c1. The molecule has 0 aliphatic carbocycles. The van der Waals surface area contributed by atoms with Crippen molar-refractivity contribution in [1.82, 2.24) is 0 Å². The minimum Gasteiger partial charge on any atom is -0.497 e. The standard InChI is InChI=1S/C13H19NO2/c1-15-12-5-2-4-11(8-12)9-14-10-13-6-3-7-16-13/h2,4-5,8,13-14H,3,6-7,9-10H2,1H3/p+1/t13-/m1/s1. The van der Waals surface area contributed by atoms with Crippen molar-refractivity contribution in [1.29, 1.82) is 0 Å². The van der Waals surface area contributed by atoms with Gasteiger partial charge in [-0.3, -0.25) is 0 Å². The van der Waals surface area contributed by atoms with Gasteiger partial charge in [-0.2, -0.15) is 0 Å². The lowest BCUT2D eigenvalue weighted by Crippen LogP contribution is -2.84. The van der Waals surface area contributed by atoms with Crippen LogP contribution in [-0.4, -0.2) is 26.4 Å². The van der Waals surface area contributed by atoms with E-state index >= 15 is 0 Å². The Bertz CT molecular complexity index is 321. The Morgan fingerprint density at radius 2 is 2.44 bits per heavy atom.